The molecule has 1 aromatic heterocycles. The number of benzene rings is 2. The van der Waals surface area contributed by atoms with Crippen molar-refractivity contribution in [2.75, 3.05) is 0 Å². The highest BCUT2D eigenvalue weighted by Gasteiger charge is 2.07. The van der Waals surface area contributed by atoms with E-state index in [-0.39, 0.29) is 17.7 Å². The van der Waals surface area contributed by atoms with E-state index in [0.29, 0.717) is 10.9 Å². The highest BCUT2D eigenvalue weighted by molar-refractivity contribution is 5.80. The van der Waals surface area contributed by atoms with Crippen LogP contribution in [0.4, 0.5) is 4.39 Å². The molecule has 0 aliphatic rings. The fourth-order valence-electron chi connectivity index (χ4n) is 2.17. The lowest BCUT2D eigenvalue weighted by atomic mass is 10.1. The summed E-state index contributed by atoms with van der Waals surface area (Å²) in [5.41, 5.74) is 0.398. The molecule has 21 heavy (non-hydrogen) atoms. The van der Waals surface area contributed by atoms with Crippen molar-refractivity contribution < 1.29 is 4.39 Å². The highest BCUT2D eigenvalue weighted by Crippen LogP contribution is 2.11. The Balaban J connectivity index is 2.05. The van der Waals surface area contributed by atoms with E-state index in [9.17, 15) is 9.18 Å². The quantitative estimate of drug-likeness (QED) is 0.724. The van der Waals surface area contributed by atoms with Gasteiger partial charge in [0.05, 0.1) is 23.7 Å². The molecule has 0 saturated carbocycles. The predicted molar refractivity (Wildman–Crippen MR) is 76.2 cm³/mol. The highest BCUT2D eigenvalue weighted by atomic mass is 19.1. The molecule has 0 atom stereocenters. The SMILES string of the molecule is N#Cc1cc(Cn2ncc3ccccc3c2=O)ccc1F. The summed E-state index contributed by atoms with van der Waals surface area (Å²) in [5, 5.41) is 14.3. The molecule has 0 radical (unpaired) electrons. The van der Waals surface area contributed by atoms with Gasteiger partial charge in [0.25, 0.3) is 5.56 Å². The van der Waals surface area contributed by atoms with Crippen LogP contribution in [0.1, 0.15) is 11.1 Å². The maximum Gasteiger partial charge on any atom is 0.274 e. The fourth-order valence-corrected chi connectivity index (χ4v) is 2.17. The number of hydrogen-bond acceptors (Lipinski definition) is 3. The van der Waals surface area contributed by atoms with E-state index in [4.69, 9.17) is 5.26 Å². The Bertz CT molecular complexity index is 925. The second kappa shape index (κ2) is 5.17. The number of nitriles is 1. The summed E-state index contributed by atoms with van der Waals surface area (Å²) in [4.78, 5) is 12.3. The molecule has 0 aliphatic heterocycles. The van der Waals surface area contributed by atoms with Gasteiger partial charge in [-0.1, -0.05) is 24.3 Å². The standard InChI is InChI=1S/C16H10FN3O/c17-15-6-5-11(7-13(15)8-18)10-20-16(21)14-4-2-1-3-12(14)9-19-20/h1-7,9H,10H2. The summed E-state index contributed by atoms with van der Waals surface area (Å²) in [6.07, 6.45) is 1.62. The third-order valence-corrected chi connectivity index (χ3v) is 3.25. The Morgan fingerprint density at radius 3 is 2.86 bits per heavy atom. The molecule has 2 aromatic carbocycles. The minimum Gasteiger partial charge on any atom is -0.267 e. The normalized spacial score (nSPS) is 10.5. The van der Waals surface area contributed by atoms with Crippen LogP contribution in [-0.2, 0) is 6.54 Å². The smallest absolute Gasteiger partial charge is 0.267 e. The second-order valence-electron chi connectivity index (χ2n) is 4.62. The van der Waals surface area contributed by atoms with Crippen molar-refractivity contribution in [2.45, 2.75) is 6.54 Å². The van der Waals surface area contributed by atoms with Gasteiger partial charge in [-0.3, -0.25) is 4.79 Å². The second-order valence-corrected chi connectivity index (χ2v) is 4.62. The maximum absolute atomic E-state index is 13.3. The fraction of sp³-hybridized carbons (Fsp3) is 0.0625. The van der Waals surface area contributed by atoms with Crippen LogP contribution in [0.5, 0.6) is 0 Å². The molecular weight excluding hydrogens is 269 g/mol. The third kappa shape index (κ3) is 2.39. The van der Waals surface area contributed by atoms with Crippen LogP contribution in [0, 0.1) is 17.1 Å². The maximum atomic E-state index is 13.3. The zero-order valence-corrected chi connectivity index (χ0v) is 11.0. The van der Waals surface area contributed by atoms with Gasteiger partial charge in [0.15, 0.2) is 0 Å². The van der Waals surface area contributed by atoms with Crippen molar-refractivity contribution in [1.29, 1.82) is 5.26 Å². The number of nitrogens with zero attached hydrogens (tertiary/aromatic N) is 3. The zero-order valence-electron chi connectivity index (χ0n) is 11.0. The van der Waals surface area contributed by atoms with Gasteiger partial charge in [-0.15, -0.1) is 0 Å². The molecule has 0 unspecified atom stereocenters. The first-order valence-electron chi connectivity index (χ1n) is 6.32. The van der Waals surface area contributed by atoms with E-state index in [1.54, 1.807) is 30.5 Å². The van der Waals surface area contributed by atoms with E-state index in [1.165, 1.54) is 16.8 Å². The first-order chi connectivity index (χ1) is 10.2. The van der Waals surface area contributed by atoms with Crippen LogP contribution in [0.15, 0.2) is 53.5 Å². The van der Waals surface area contributed by atoms with E-state index in [1.807, 2.05) is 12.1 Å². The Morgan fingerprint density at radius 1 is 1.24 bits per heavy atom. The average molecular weight is 279 g/mol. The van der Waals surface area contributed by atoms with Gasteiger partial charge < -0.3 is 0 Å². The van der Waals surface area contributed by atoms with Crippen molar-refractivity contribution >= 4 is 10.8 Å². The number of rotatable bonds is 2. The summed E-state index contributed by atoms with van der Waals surface area (Å²) in [6, 6.07) is 13.2. The van der Waals surface area contributed by atoms with E-state index >= 15 is 0 Å². The summed E-state index contributed by atoms with van der Waals surface area (Å²) in [5.74, 6) is -0.569. The molecule has 3 aromatic rings. The van der Waals surface area contributed by atoms with Crippen molar-refractivity contribution in [3.05, 3.63) is 76.0 Å². The van der Waals surface area contributed by atoms with Gasteiger partial charge in [0.1, 0.15) is 11.9 Å². The molecule has 5 heteroatoms. The summed E-state index contributed by atoms with van der Waals surface area (Å²) in [7, 11) is 0. The Morgan fingerprint density at radius 2 is 2.05 bits per heavy atom. The van der Waals surface area contributed by atoms with E-state index in [2.05, 4.69) is 5.10 Å². The third-order valence-electron chi connectivity index (χ3n) is 3.25. The lowest BCUT2D eigenvalue weighted by Gasteiger charge is -2.06. The predicted octanol–water partition coefficient (Wildman–Crippen LogP) is 2.46. The molecule has 1 heterocycles. The van der Waals surface area contributed by atoms with Crippen LogP contribution in [0.3, 0.4) is 0 Å². The van der Waals surface area contributed by atoms with Gasteiger partial charge in [-0.25, -0.2) is 9.07 Å². The molecule has 0 spiro atoms. The van der Waals surface area contributed by atoms with Crippen LogP contribution in [0.2, 0.25) is 0 Å². The molecule has 0 amide bonds. The van der Waals surface area contributed by atoms with Crippen LogP contribution >= 0.6 is 0 Å². The molecule has 102 valence electrons. The van der Waals surface area contributed by atoms with Crippen LogP contribution < -0.4 is 5.56 Å². The summed E-state index contributed by atoms with van der Waals surface area (Å²) in [6.45, 7) is 0.193. The topological polar surface area (TPSA) is 58.7 Å². The number of hydrogen-bond donors (Lipinski definition) is 0. The minimum atomic E-state index is -0.569. The summed E-state index contributed by atoms with van der Waals surface area (Å²) < 4.78 is 14.6. The molecule has 3 rings (SSSR count). The molecule has 0 fully saturated rings. The van der Waals surface area contributed by atoms with Crippen molar-refractivity contribution in [3.8, 4) is 6.07 Å². The van der Waals surface area contributed by atoms with Crippen LogP contribution in [-0.4, -0.2) is 9.78 Å². The largest absolute Gasteiger partial charge is 0.274 e. The van der Waals surface area contributed by atoms with Gasteiger partial charge >= 0.3 is 0 Å². The van der Waals surface area contributed by atoms with E-state index < -0.39 is 5.82 Å². The Hall–Kier alpha value is -3.00. The Kier molecular flexibility index (Phi) is 3.20. The molecule has 0 N–H and O–H groups in total. The first kappa shape index (κ1) is 13.0. The molecular formula is C16H10FN3O. The van der Waals surface area contributed by atoms with Gasteiger partial charge in [-0.05, 0) is 23.8 Å². The van der Waals surface area contributed by atoms with Crippen molar-refractivity contribution in [1.82, 2.24) is 9.78 Å². The molecule has 0 saturated heterocycles. The zero-order chi connectivity index (χ0) is 14.8. The summed E-state index contributed by atoms with van der Waals surface area (Å²) >= 11 is 0. The van der Waals surface area contributed by atoms with E-state index in [0.717, 1.165) is 5.39 Å². The van der Waals surface area contributed by atoms with Crippen molar-refractivity contribution in [2.24, 2.45) is 0 Å². The average Bonchev–Trinajstić information content (AvgIpc) is 2.52. The molecule has 4 nitrogen and oxygen atoms in total. The number of halogens is 1. The van der Waals surface area contributed by atoms with Crippen molar-refractivity contribution in [3.63, 3.8) is 0 Å². The van der Waals surface area contributed by atoms with Crippen LogP contribution in [0.25, 0.3) is 10.8 Å². The first-order valence-corrected chi connectivity index (χ1v) is 6.32. The lowest BCUT2D eigenvalue weighted by molar-refractivity contribution is 0.617. The van der Waals surface area contributed by atoms with Gasteiger partial charge in [0, 0.05) is 5.39 Å². The molecule has 0 bridgehead atoms. The number of fused-ring (bicyclic) bond motifs is 1. The monoisotopic (exact) mass is 279 g/mol. The lowest BCUT2D eigenvalue weighted by Crippen LogP contribution is -2.23. The van der Waals surface area contributed by atoms with Gasteiger partial charge in [-0.2, -0.15) is 10.4 Å². The minimum absolute atomic E-state index is 0.0404. The molecule has 0 aliphatic carbocycles. The van der Waals surface area contributed by atoms with Gasteiger partial charge in [0.2, 0.25) is 0 Å². The number of aromatic nitrogens is 2. The Labute approximate surface area is 119 Å².